The summed E-state index contributed by atoms with van der Waals surface area (Å²) in [4.78, 5) is 0. The number of hydrogen-bond donors (Lipinski definition) is 0. The van der Waals surface area contributed by atoms with Gasteiger partial charge >= 0.3 is 0 Å². The molecule has 0 aliphatic rings. The van der Waals surface area contributed by atoms with Crippen molar-refractivity contribution >= 4 is 10.1 Å². The van der Waals surface area contributed by atoms with Crippen LogP contribution in [-0.2, 0) is 19.0 Å². The Kier molecular flexibility index (Phi) is 5.44. The number of rotatable bonds is 6. The van der Waals surface area contributed by atoms with Crippen molar-refractivity contribution in [2.24, 2.45) is 5.92 Å². The van der Waals surface area contributed by atoms with E-state index in [1.54, 1.807) is 0 Å². The number of ether oxygens (including phenoxy) is 1. The summed E-state index contributed by atoms with van der Waals surface area (Å²) < 4.78 is 30.5. The lowest BCUT2D eigenvalue weighted by atomic mass is 10.2. The molecule has 4 nitrogen and oxygen atoms in total. The summed E-state index contributed by atoms with van der Waals surface area (Å²) in [5.41, 5.74) is 0. The van der Waals surface area contributed by atoms with Crippen LogP contribution in [0.1, 0.15) is 13.8 Å². The second-order valence-corrected chi connectivity index (χ2v) is 4.64. The molecule has 0 spiro atoms. The van der Waals surface area contributed by atoms with Crippen molar-refractivity contribution in [3.05, 3.63) is 0 Å². The Bertz CT molecular complexity index is 195. The molecular formula is C7H16O4S. The fourth-order valence-electron chi connectivity index (χ4n) is 0.563. The van der Waals surface area contributed by atoms with Crippen molar-refractivity contribution in [3.63, 3.8) is 0 Å². The zero-order chi connectivity index (χ0) is 9.61. The van der Waals surface area contributed by atoms with Gasteiger partial charge in [0.2, 0.25) is 0 Å². The van der Waals surface area contributed by atoms with Gasteiger partial charge in [0.05, 0.1) is 19.5 Å². The molecule has 0 atom stereocenters. The zero-order valence-corrected chi connectivity index (χ0v) is 8.56. The zero-order valence-electron chi connectivity index (χ0n) is 7.74. The first-order chi connectivity index (χ1) is 5.42. The van der Waals surface area contributed by atoms with Gasteiger partial charge in [-0.05, 0) is 5.92 Å². The minimum absolute atomic E-state index is 0.103. The minimum Gasteiger partial charge on any atom is -0.379 e. The summed E-state index contributed by atoms with van der Waals surface area (Å²) in [6, 6.07) is 0. The first-order valence-corrected chi connectivity index (χ1v) is 5.65. The van der Waals surface area contributed by atoms with Crippen molar-refractivity contribution in [3.8, 4) is 0 Å². The summed E-state index contributed by atoms with van der Waals surface area (Å²) >= 11 is 0. The Labute approximate surface area is 74.0 Å². The molecule has 0 heterocycles. The van der Waals surface area contributed by atoms with E-state index in [9.17, 15) is 8.42 Å². The Morgan fingerprint density at radius 3 is 2.25 bits per heavy atom. The van der Waals surface area contributed by atoms with Crippen molar-refractivity contribution < 1.29 is 17.3 Å². The van der Waals surface area contributed by atoms with Gasteiger partial charge in [-0.1, -0.05) is 13.8 Å². The largest absolute Gasteiger partial charge is 0.379 e. The third kappa shape index (κ3) is 9.87. The maximum absolute atomic E-state index is 10.5. The average molecular weight is 196 g/mol. The van der Waals surface area contributed by atoms with Crippen molar-refractivity contribution in [1.82, 2.24) is 0 Å². The molecule has 12 heavy (non-hydrogen) atoms. The maximum atomic E-state index is 10.5. The van der Waals surface area contributed by atoms with Gasteiger partial charge < -0.3 is 4.74 Å². The van der Waals surface area contributed by atoms with Gasteiger partial charge in [0, 0.05) is 6.61 Å². The molecule has 0 fully saturated rings. The Morgan fingerprint density at radius 1 is 1.25 bits per heavy atom. The van der Waals surface area contributed by atoms with E-state index in [1.807, 2.05) is 13.8 Å². The van der Waals surface area contributed by atoms with E-state index in [4.69, 9.17) is 4.74 Å². The Hall–Kier alpha value is -0.130. The Balaban J connectivity index is 3.23. The number of hydrogen-bond acceptors (Lipinski definition) is 4. The van der Waals surface area contributed by atoms with Gasteiger partial charge in [-0.25, -0.2) is 0 Å². The quantitative estimate of drug-likeness (QED) is 0.462. The monoisotopic (exact) mass is 196 g/mol. The third-order valence-corrected chi connectivity index (χ3v) is 1.57. The van der Waals surface area contributed by atoms with Crippen LogP contribution in [0.5, 0.6) is 0 Å². The molecule has 74 valence electrons. The van der Waals surface area contributed by atoms with E-state index in [2.05, 4.69) is 4.18 Å². The van der Waals surface area contributed by atoms with E-state index in [1.165, 1.54) is 0 Å². The van der Waals surface area contributed by atoms with Crippen LogP contribution in [-0.4, -0.2) is 34.5 Å². The average Bonchev–Trinajstić information content (AvgIpc) is 1.83. The highest BCUT2D eigenvalue weighted by molar-refractivity contribution is 7.85. The van der Waals surface area contributed by atoms with Crippen LogP contribution in [0.2, 0.25) is 0 Å². The van der Waals surface area contributed by atoms with Gasteiger partial charge in [0.1, 0.15) is 0 Å². The third-order valence-electron chi connectivity index (χ3n) is 0.976. The predicted molar refractivity (Wildman–Crippen MR) is 46.5 cm³/mol. The molecule has 0 saturated carbocycles. The first-order valence-electron chi connectivity index (χ1n) is 3.84. The smallest absolute Gasteiger partial charge is 0.264 e. The minimum atomic E-state index is -3.30. The van der Waals surface area contributed by atoms with E-state index < -0.39 is 10.1 Å². The van der Waals surface area contributed by atoms with Crippen LogP contribution in [0.4, 0.5) is 0 Å². The van der Waals surface area contributed by atoms with Crippen LogP contribution in [0.15, 0.2) is 0 Å². The van der Waals surface area contributed by atoms with E-state index in [0.29, 0.717) is 19.1 Å². The highest BCUT2D eigenvalue weighted by atomic mass is 32.2. The fourth-order valence-corrected chi connectivity index (χ4v) is 0.934. The molecule has 5 heteroatoms. The molecule has 0 bridgehead atoms. The van der Waals surface area contributed by atoms with E-state index in [-0.39, 0.29) is 6.61 Å². The molecule has 0 aromatic rings. The van der Waals surface area contributed by atoms with Crippen LogP contribution in [0.25, 0.3) is 0 Å². The molecule has 0 aromatic heterocycles. The van der Waals surface area contributed by atoms with Crippen LogP contribution in [0.3, 0.4) is 0 Å². The maximum Gasteiger partial charge on any atom is 0.264 e. The summed E-state index contributed by atoms with van der Waals surface area (Å²) in [7, 11) is -3.30. The SMILES string of the molecule is CC(C)COCCOS(C)(=O)=O. The first kappa shape index (κ1) is 11.9. The summed E-state index contributed by atoms with van der Waals surface area (Å²) in [5, 5.41) is 0. The van der Waals surface area contributed by atoms with Crippen molar-refractivity contribution in [1.29, 1.82) is 0 Å². The molecule has 0 rings (SSSR count). The molecule has 0 N–H and O–H groups in total. The second kappa shape index (κ2) is 5.50. The van der Waals surface area contributed by atoms with E-state index >= 15 is 0 Å². The fraction of sp³-hybridized carbons (Fsp3) is 1.00. The lowest BCUT2D eigenvalue weighted by Crippen LogP contribution is -2.11. The molecular weight excluding hydrogens is 180 g/mol. The topological polar surface area (TPSA) is 52.6 Å². The van der Waals surface area contributed by atoms with Crippen LogP contribution < -0.4 is 0 Å². The van der Waals surface area contributed by atoms with Gasteiger partial charge in [-0.3, -0.25) is 4.18 Å². The lowest BCUT2D eigenvalue weighted by Gasteiger charge is -2.05. The molecule has 0 aromatic carbocycles. The highest BCUT2D eigenvalue weighted by Crippen LogP contribution is 1.92. The van der Waals surface area contributed by atoms with Gasteiger partial charge in [0.25, 0.3) is 10.1 Å². The summed E-state index contributed by atoms with van der Waals surface area (Å²) in [6.45, 7) is 5.11. The molecule has 0 aliphatic heterocycles. The molecule has 0 radical (unpaired) electrons. The highest BCUT2D eigenvalue weighted by Gasteiger charge is 2.00. The second-order valence-electron chi connectivity index (χ2n) is 2.99. The molecule has 0 amide bonds. The lowest BCUT2D eigenvalue weighted by molar-refractivity contribution is 0.0838. The molecule has 0 unspecified atom stereocenters. The van der Waals surface area contributed by atoms with Gasteiger partial charge in [-0.2, -0.15) is 8.42 Å². The van der Waals surface area contributed by atoms with Crippen LogP contribution >= 0.6 is 0 Å². The normalized spacial score (nSPS) is 12.3. The van der Waals surface area contributed by atoms with Gasteiger partial charge in [0.15, 0.2) is 0 Å². The van der Waals surface area contributed by atoms with Crippen molar-refractivity contribution in [2.45, 2.75) is 13.8 Å². The summed E-state index contributed by atoms with van der Waals surface area (Å²) in [6.07, 6.45) is 1.02. The predicted octanol–water partition coefficient (Wildman–Crippen LogP) is 0.635. The van der Waals surface area contributed by atoms with Crippen molar-refractivity contribution in [2.75, 3.05) is 26.1 Å². The van der Waals surface area contributed by atoms with Crippen LogP contribution in [0, 0.1) is 5.92 Å². The summed E-state index contributed by atoms with van der Waals surface area (Å²) in [5.74, 6) is 0.461. The van der Waals surface area contributed by atoms with E-state index in [0.717, 1.165) is 6.26 Å². The van der Waals surface area contributed by atoms with Gasteiger partial charge in [-0.15, -0.1) is 0 Å². The standard InChI is InChI=1S/C7H16O4S/c1-7(2)6-10-4-5-11-12(3,8)9/h7H,4-6H2,1-3H3. The molecule has 0 aliphatic carbocycles. The molecule has 0 saturated heterocycles. The Morgan fingerprint density at radius 2 is 1.83 bits per heavy atom.